The number of nitrogens with zero attached hydrogens (tertiary/aromatic N) is 1. The van der Waals surface area contributed by atoms with Crippen LogP contribution < -0.4 is 4.90 Å². The Balaban J connectivity index is 1.74. The standard InChI is InChI=1S/C19H17NO5/c1-24-17(21)11-7-9-20(10-8-11)15-6-5-14-16-12(15)3-2-4-13(16)18(22)25-19(14)23/h2-6,11H,7-10H2,1H3. The van der Waals surface area contributed by atoms with Crippen LogP contribution in [0, 0.1) is 5.92 Å². The van der Waals surface area contributed by atoms with Crippen molar-refractivity contribution in [2.75, 3.05) is 25.1 Å². The number of hydrogen-bond donors (Lipinski definition) is 0. The summed E-state index contributed by atoms with van der Waals surface area (Å²) in [5, 5.41) is 1.51. The lowest BCUT2D eigenvalue weighted by molar-refractivity contribution is -0.146. The summed E-state index contributed by atoms with van der Waals surface area (Å²) in [7, 11) is 1.41. The van der Waals surface area contributed by atoms with Gasteiger partial charge in [-0.3, -0.25) is 4.79 Å². The number of rotatable bonds is 2. The lowest BCUT2D eigenvalue weighted by Crippen LogP contribution is -2.37. The summed E-state index contributed by atoms with van der Waals surface area (Å²) in [6.45, 7) is 1.44. The van der Waals surface area contributed by atoms with Crippen molar-refractivity contribution in [3.8, 4) is 0 Å². The van der Waals surface area contributed by atoms with Crippen molar-refractivity contribution in [1.82, 2.24) is 0 Å². The van der Waals surface area contributed by atoms with Crippen LogP contribution in [0.15, 0.2) is 30.3 Å². The molecular weight excluding hydrogens is 322 g/mol. The third kappa shape index (κ3) is 2.45. The van der Waals surface area contributed by atoms with Gasteiger partial charge in [-0.25, -0.2) is 9.59 Å². The number of carbonyl (C=O) groups is 3. The minimum absolute atomic E-state index is 0.0715. The summed E-state index contributed by atoms with van der Waals surface area (Å²) in [6, 6.07) is 8.98. The molecule has 2 aliphatic heterocycles. The molecule has 25 heavy (non-hydrogen) atoms. The van der Waals surface area contributed by atoms with E-state index < -0.39 is 11.9 Å². The molecule has 0 aliphatic carbocycles. The lowest BCUT2D eigenvalue weighted by Gasteiger charge is -2.33. The van der Waals surface area contributed by atoms with Crippen molar-refractivity contribution in [3.05, 3.63) is 41.5 Å². The number of benzene rings is 2. The van der Waals surface area contributed by atoms with E-state index in [-0.39, 0.29) is 11.9 Å². The van der Waals surface area contributed by atoms with Gasteiger partial charge in [0.25, 0.3) is 0 Å². The number of carbonyl (C=O) groups excluding carboxylic acids is 3. The largest absolute Gasteiger partial charge is 0.469 e. The zero-order valence-corrected chi connectivity index (χ0v) is 13.8. The van der Waals surface area contributed by atoms with Crippen molar-refractivity contribution in [1.29, 1.82) is 0 Å². The number of cyclic esters (lactones) is 2. The minimum Gasteiger partial charge on any atom is -0.469 e. The molecule has 128 valence electrons. The lowest BCUT2D eigenvalue weighted by atomic mass is 9.93. The van der Waals surface area contributed by atoms with Gasteiger partial charge in [-0.15, -0.1) is 0 Å². The van der Waals surface area contributed by atoms with Crippen molar-refractivity contribution in [3.63, 3.8) is 0 Å². The molecule has 0 atom stereocenters. The van der Waals surface area contributed by atoms with Gasteiger partial charge in [0, 0.05) is 29.5 Å². The number of hydrogen-bond acceptors (Lipinski definition) is 6. The molecule has 0 spiro atoms. The predicted octanol–water partition coefficient (Wildman–Crippen LogP) is 2.54. The van der Waals surface area contributed by atoms with Crippen LogP contribution in [-0.4, -0.2) is 38.1 Å². The Labute approximate surface area is 144 Å². The third-order valence-corrected chi connectivity index (χ3v) is 5.01. The predicted molar refractivity (Wildman–Crippen MR) is 90.6 cm³/mol. The van der Waals surface area contributed by atoms with Crippen LogP contribution in [-0.2, 0) is 14.3 Å². The molecular formula is C19H17NO5. The van der Waals surface area contributed by atoms with Gasteiger partial charge < -0.3 is 14.4 Å². The molecule has 0 radical (unpaired) electrons. The number of piperidine rings is 1. The molecule has 0 amide bonds. The summed E-state index contributed by atoms with van der Waals surface area (Å²) in [6.07, 6.45) is 1.44. The van der Waals surface area contributed by atoms with Crippen LogP contribution in [0.5, 0.6) is 0 Å². The number of esters is 3. The minimum atomic E-state index is -0.607. The molecule has 0 N–H and O–H groups in total. The van der Waals surface area contributed by atoms with Gasteiger partial charge in [0.1, 0.15) is 0 Å². The fourth-order valence-electron chi connectivity index (χ4n) is 3.72. The van der Waals surface area contributed by atoms with E-state index in [1.807, 2.05) is 12.1 Å². The molecule has 2 aromatic carbocycles. The fourth-order valence-corrected chi connectivity index (χ4v) is 3.72. The van der Waals surface area contributed by atoms with Gasteiger partial charge in [0.2, 0.25) is 0 Å². The van der Waals surface area contributed by atoms with Crippen LogP contribution in [0.4, 0.5) is 5.69 Å². The Bertz CT molecular complexity index is 876. The van der Waals surface area contributed by atoms with E-state index in [0.717, 1.165) is 37.0 Å². The summed E-state index contributed by atoms with van der Waals surface area (Å²) >= 11 is 0. The van der Waals surface area contributed by atoms with E-state index in [1.165, 1.54) is 7.11 Å². The number of ether oxygens (including phenoxy) is 2. The first-order chi connectivity index (χ1) is 12.1. The molecule has 0 unspecified atom stereocenters. The Morgan fingerprint density at radius 2 is 1.76 bits per heavy atom. The van der Waals surface area contributed by atoms with Crippen LogP contribution in [0.1, 0.15) is 33.6 Å². The zero-order valence-electron chi connectivity index (χ0n) is 13.8. The quantitative estimate of drug-likeness (QED) is 0.618. The highest BCUT2D eigenvalue weighted by molar-refractivity contribution is 6.22. The Kier molecular flexibility index (Phi) is 3.67. The van der Waals surface area contributed by atoms with Crippen LogP contribution in [0.2, 0.25) is 0 Å². The molecule has 1 saturated heterocycles. The highest BCUT2D eigenvalue weighted by atomic mass is 16.6. The van der Waals surface area contributed by atoms with E-state index in [0.29, 0.717) is 16.5 Å². The van der Waals surface area contributed by atoms with E-state index in [1.54, 1.807) is 18.2 Å². The molecule has 6 heteroatoms. The van der Waals surface area contributed by atoms with Gasteiger partial charge in [-0.05, 0) is 31.0 Å². The summed E-state index contributed by atoms with van der Waals surface area (Å²) in [5.41, 5.74) is 1.79. The van der Waals surface area contributed by atoms with E-state index in [2.05, 4.69) is 4.90 Å². The van der Waals surface area contributed by atoms with Gasteiger partial charge in [-0.1, -0.05) is 12.1 Å². The van der Waals surface area contributed by atoms with Gasteiger partial charge in [0.05, 0.1) is 24.2 Å². The van der Waals surface area contributed by atoms with Crippen LogP contribution in [0.25, 0.3) is 10.8 Å². The summed E-state index contributed by atoms with van der Waals surface area (Å²) in [4.78, 5) is 37.9. The zero-order chi connectivity index (χ0) is 17.6. The fraction of sp³-hybridized carbons (Fsp3) is 0.316. The van der Waals surface area contributed by atoms with E-state index in [9.17, 15) is 14.4 Å². The Hall–Kier alpha value is -2.89. The van der Waals surface area contributed by atoms with Gasteiger partial charge in [0.15, 0.2) is 0 Å². The van der Waals surface area contributed by atoms with Crippen molar-refractivity contribution < 1.29 is 23.9 Å². The first kappa shape index (κ1) is 15.6. The molecule has 4 rings (SSSR count). The van der Waals surface area contributed by atoms with E-state index >= 15 is 0 Å². The highest BCUT2D eigenvalue weighted by Crippen LogP contribution is 2.36. The molecule has 0 aromatic heterocycles. The maximum absolute atomic E-state index is 12.0. The average Bonchev–Trinajstić information content (AvgIpc) is 2.65. The molecule has 2 aromatic rings. The maximum atomic E-state index is 12.0. The first-order valence-electron chi connectivity index (χ1n) is 8.25. The second-order valence-corrected chi connectivity index (χ2v) is 6.32. The second kappa shape index (κ2) is 5.88. The van der Waals surface area contributed by atoms with Gasteiger partial charge in [-0.2, -0.15) is 0 Å². The second-order valence-electron chi connectivity index (χ2n) is 6.32. The molecule has 2 heterocycles. The van der Waals surface area contributed by atoms with Crippen LogP contribution in [0.3, 0.4) is 0 Å². The van der Waals surface area contributed by atoms with E-state index in [4.69, 9.17) is 9.47 Å². The van der Waals surface area contributed by atoms with Crippen LogP contribution >= 0.6 is 0 Å². The van der Waals surface area contributed by atoms with Crippen molar-refractivity contribution >= 4 is 34.4 Å². The number of methoxy groups -OCH3 is 1. The highest BCUT2D eigenvalue weighted by Gasteiger charge is 2.30. The number of anilines is 1. The maximum Gasteiger partial charge on any atom is 0.346 e. The monoisotopic (exact) mass is 339 g/mol. The Morgan fingerprint density at radius 1 is 1.08 bits per heavy atom. The van der Waals surface area contributed by atoms with Crippen molar-refractivity contribution in [2.24, 2.45) is 5.92 Å². The molecule has 1 fully saturated rings. The molecule has 2 aliphatic rings. The molecule has 0 bridgehead atoms. The topological polar surface area (TPSA) is 72.9 Å². The summed E-state index contributed by atoms with van der Waals surface area (Å²) < 4.78 is 9.63. The van der Waals surface area contributed by atoms with Gasteiger partial charge >= 0.3 is 17.9 Å². The normalized spacial score (nSPS) is 17.6. The first-order valence-corrected chi connectivity index (χ1v) is 8.25. The Morgan fingerprint density at radius 3 is 2.44 bits per heavy atom. The smallest absolute Gasteiger partial charge is 0.346 e. The average molecular weight is 339 g/mol. The van der Waals surface area contributed by atoms with Crippen molar-refractivity contribution in [2.45, 2.75) is 12.8 Å². The third-order valence-electron chi connectivity index (χ3n) is 5.01. The molecule has 6 nitrogen and oxygen atoms in total. The SMILES string of the molecule is COC(=O)C1CCN(c2ccc3c4c(cccc24)C(=O)OC3=O)CC1. The summed E-state index contributed by atoms with van der Waals surface area (Å²) in [5.74, 6) is -1.45. The molecule has 0 saturated carbocycles.